The third kappa shape index (κ3) is 3.74. The fraction of sp³-hybridized carbons (Fsp3) is 0.429. The molecule has 108 valence electrons. The average Bonchev–Trinajstić information content (AvgIpc) is 2.73. The van der Waals surface area contributed by atoms with Crippen LogP contribution >= 0.6 is 11.8 Å². The van der Waals surface area contributed by atoms with Crippen LogP contribution in [-0.2, 0) is 0 Å². The molecule has 1 atom stereocenters. The third-order valence-corrected chi connectivity index (χ3v) is 3.73. The van der Waals surface area contributed by atoms with Crippen LogP contribution in [-0.4, -0.2) is 29.0 Å². The molecule has 0 saturated heterocycles. The van der Waals surface area contributed by atoms with Gasteiger partial charge in [-0.05, 0) is 44.5 Å². The second kappa shape index (κ2) is 6.28. The van der Waals surface area contributed by atoms with E-state index in [2.05, 4.69) is 29.5 Å². The fourth-order valence-electron chi connectivity index (χ4n) is 1.97. The van der Waals surface area contributed by atoms with Gasteiger partial charge in [-0.15, -0.1) is 0 Å². The van der Waals surface area contributed by atoms with E-state index in [4.69, 9.17) is 5.73 Å². The summed E-state index contributed by atoms with van der Waals surface area (Å²) < 4.78 is 0. The Hall–Kier alpha value is -1.53. The molecule has 0 radical (unpaired) electrons. The lowest BCUT2D eigenvalue weighted by Gasteiger charge is -2.13. The van der Waals surface area contributed by atoms with E-state index in [1.807, 2.05) is 25.1 Å². The monoisotopic (exact) mass is 292 g/mol. The van der Waals surface area contributed by atoms with Crippen LogP contribution in [0.3, 0.4) is 0 Å². The second-order valence-corrected chi connectivity index (χ2v) is 6.31. The number of aliphatic imine (C=N–C) groups is 1. The van der Waals surface area contributed by atoms with Gasteiger partial charge in [0.05, 0.1) is 11.9 Å². The number of anilines is 1. The van der Waals surface area contributed by atoms with Gasteiger partial charge in [0.2, 0.25) is 0 Å². The molecular weight excluding hydrogens is 272 g/mol. The summed E-state index contributed by atoms with van der Waals surface area (Å²) in [5.41, 5.74) is 8.33. The van der Waals surface area contributed by atoms with Gasteiger partial charge in [0, 0.05) is 17.3 Å². The number of nitrogens with zero attached hydrogens (tertiary/aromatic N) is 1. The second-order valence-electron chi connectivity index (χ2n) is 5.09. The number of hydrogen-bond acceptors (Lipinski definition) is 5. The Labute approximate surface area is 123 Å². The van der Waals surface area contributed by atoms with E-state index < -0.39 is 0 Å². The highest BCUT2D eigenvalue weighted by Crippen LogP contribution is 2.18. The van der Waals surface area contributed by atoms with Crippen LogP contribution < -0.4 is 16.4 Å². The van der Waals surface area contributed by atoms with E-state index in [1.54, 1.807) is 0 Å². The summed E-state index contributed by atoms with van der Waals surface area (Å²) in [7, 11) is 0. The topological polar surface area (TPSA) is 79.5 Å². The van der Waals surface area contributed by atoms with Crippen molar-refractivity contribution in [3.8, 4) is 0 Å². The Balaban J connectivity index is 2.06. The minimum atomic E-state index is -0.140. The SMILES string of the molecule is Cc1cc(NC(C)C)ccc1C(=O)NC1=NCC(N)S1. The molecule has 4 N–H and O–H groups in total. The Morgan fingerprint density at radius 2 is 2.25 bits per heavy atom. The van der Waals surface area contributed by atoms with Crippen LogP contribution in [0.1, 0.15) is 29.8 Å². The lowest BCUT2D eigenvalue weighted by molar-refractivity contribution is 0.0977. The summed E-state index contributed by atoms with van der Waals surface area (Å²) in [6.45, 7) is 6.63. The van der Waals surface area contributed by atoms with E-state index in [9.17, 15) is 4.79 Å². The highest BCUT2D eigenvalue weighted by Gasteiger charge is 2.19. The molecule has 20 heavy (non-hydrogen) atoms. The quantitative estimate of drug-likeness (QED) is 0.795. The van der Waals surface area contributed by atoms with Crippen LogP contribution in [0.25, 0.3) is 0 Å². The molecule has 0 spiro atoms. The van der Waals surface area contributed by atoms with Crippen molar-refractivity contribution in [2.24, 2.45) is 10.7 Å². The summed E-state index contributed by atoms with van der Waals surface area (Å²) in [5, 5.41) is 6.67. The lowest BCUT2D eigenvalue weighted by Crippen LogP contribution is -2.29. The lowest BCUT2D eigenvalue weighted by atomic mass is 10.1. The molecule has 0 aliphatic carbocycles. The summed E-state index contributed by atoms with van der Waals surface area (Å²) >= 11 is 1.39. The molecule has 2 rings (SSSR count). The Kier molecular flexibility index (Phi) is 4.67. The molecule has 6 heteroatoms. The van der Waals surface area contributed by atoms with Gasteiger partial charge in [-0.2, -0.15) is 0 Å². The van der Waals surface area contributed by atoms with Gasteiger partial charge < -0.3 is 16.4 Å². The zero-order chi connectivity index (χ0) is 14.7. The van der Waals surface area contributed by atoms with Crippen LogP contribution in [0.5, 0.6) is 0 Å². The molecule has 0 fully saturated rings. The van der Waals surface area contributed by atoms with Gasteiger partial charge in [0.1, 0.15) is 0 Å². The summed E-state index contributed by atoms with van der Waals surface area (Å²) in [6, 6.07) is 6.08. The molecule has 5 nitrogen and oxygen atoms in total. The number of rotatable bonds is 3. The first-order valence-corrected chi connectivity index (χ1v) is 7.49. The zero-order valence-electron chi connectivity index (χ0n) is 11.9. The van der Waals surface area contributed by atoms with Crippen molar-refractivity contribution in [3.05, 3.63) is 29.3 Å². The average molecular weight is 292 g/mol. The molecule has 0 saturated carbocycles. The molecule has 1 unspecified atom stereocenters. The predicted molar refractivity (Wildman–Crippen MR) is 85.3 cm³/mol. The smallest absolute Gasteiger partial charge is 0.257 e. The summed E-state index contributed by atoms with van der Waals surface area (Å²) in [5.74, 6) is -0.140. The zero-order valence-corrected chi connectivity index (χ0v) is 12.8. The number of nitrogens with two attached hydrogens (primary N) is 1. The molecule has 0 aromatic heterocycles. The largest absolute Gasteiger partial charge is 0.383 e. The van der Waals surface area contributed by atoms with Crippen molar-refractivity contribution in [2.75, 3.05) is 11.9 Å². The van der Waals surface area contributed by atoms with Gasteiger partial charge in [0.15, 0.2) is 5.17 Å². The number of amides is 1. The maximum absolute atomic E-state index is 12.2. The van der Waals surface area contributed by atoms with E-state index in [0.717, 1.165) is 11.3 Å². The van der Waals surface area contributed by atoms with Gasteiger partial charge in [-0.1, -0.05) is 11.8 Å². The minimum absolute atomic E-state index is 0.0518. The van der Waals surface area contributed by atoms with Crippen molar-refractivity contribution >= 4 is 28.5 Å². The van der Waals surface area contributed by atoms with Crippen molar-refractivity contribution < 1.29 is 4.79 Å². The van der Waals surface area contributed by atoms with E-state index in [1.165, 1.54) is 11.8 Å². The standard InChI is InChI=1S/C14H20N4OS/c1-8(2)17-10-4-5-11(9(3)6-10)13(19)18-14-16-7-12(15)20-14/h4-6,8,12,17H,7,15H2,1-3H3,(H,16,18,19). The predicted octanol–water partition coefficient (Wildman–Crippen LogP) is 1.93. The molecule has 1 aliphatic rings. The first-order chi connectivity index (χ1) is 9.45. The number of amidine groups is 1. The van der Waals surface area contributed by atoms with Crippen LogP contribution in [0.15, 0.2) is 23.2 Å². The van der Waals surface area contributed by atoms with Crippen LogP contribution in [0, 0.1) is 6.92 Å². The molecule has 1 heterocycles. The highest BCUT2D eigenvalue weighted by molar-refractivity contribution is 8.14. The van der Waals surface area contributed by atoms with Crippen molar-refractivity contribution in [3.63, 3.8) is 0 Å². The fourth-order valence-corrected chi connectivity index (χ4v) is 2.70. The van der Waals surface area contributed by atoms with Crippen molar-refractivity contribution in [1.29, 1.82) is 0 Å². The normalized spacial score (nSPS) is 18.1. The number of nitrogens with one attached hydrogen (secondary N) is 2. The highest BCUT2D eigenvalue weighted by atomic mass is 32.2. The maximum Gasteiger partial charge on any atom is 0.257 e. The summed E-state index contributed by atoms with van der Waals surface area (Å²) in [6.07, 6.45) is 0. The first kappa shape index (κ1) is 14.9. The Morgan fingerprint density at radius 3 is 2.80 bits per heavy atom. The van der Waals surface area contributed by atoms with Gasteiger partial charge >= 0.3 is 0 Å². The molecule has 0 bridgehead atoms. The van der Waals surface area contributed by atoms with Crippen LogP contribution in [0.2, 0.25) is 0 Å². The van der Waals surface area contributed by atoms with Gasteiger partial charge in [0.25, 0.3) is 5.91 Å². The van der Waals surface area contributed by atoms with E-state index in [0.29, 0.717) is 23.3 Å². The number of thioether (sulfide) groups is 1. The maximum atomic E-state index is 12.2. The first-order valence-electron chi connectivity index (χ1n) is 6.61. The van der Waals surface area contributed by atoms with Gasteiger partial charge in [-0.25, -0.2) is 0 Å². The number of benzene rings is 1. The third-order valence-electron chi connectivity index (χ3n) is 2.82. The molecule has 1 amide bonds. The molecule has 1 aliphatic heterocycles. The van der Waals surface area contributed by atoms with E-state index in [-0.39, 0.29) is 11.3 Å². The summed E-state index contributed by atoms with van der Waals surface area (Å²) in [4.78, 5) is 16.4. The van der Waals surface area contributed by atoms with Crippen LogP contribution in [0.4, 0.5) is 5.69 Å². The molecule has 1 aromatic rings. The molecule has 1 aromatic carbocycles. The number of carbonyl (C=O) groups is 1. The Morgan fingerprint density at radius 1 is 1.50 bits per heavy atom. The number of carbonyl (C=O) groups excluding carboxylic acids is 1. The van der Waals surface area contributed by atoms with Crippen molar-refractivity contribution in [2.45, 2.75) is 32.2 Å². The Bertz CT molecular complexity index is 542. The number of aryl methyl sites for hydroxylation is 1. The van der Waals surface area contributed by atoms with Crippen molar-refractivity contribution in [1.82, 2.24) is 5.32 Å². The number of hydrogen-bond donors (Lipinski definition) is 3. The van der Waals surface area contributed by atoms with E-state index >= 15 is 0 Å². The van der Waals surface area contributed by atoms with Gasteiger partial charge in [-0.3, -0.25) is 9.79 Å². The molecular formula is C14H20N4OS. The minimum Gasteiger partial charge on any atom is -0.383 e.